The third kappa shape index (κ3) is 1.63. The van der Waals surface area contributed by atoms with Crippen LogP contribution in [0.1, 0.15) is 5.56 Å². The van der Waals surface area contributed by atoms with Crippen molar-refractivity contribution in [2.75, 3.05) is 5.73 Å². The summed E-state index contributed by atoms with van der Waals surface area (Å²) in [4.78, 5) is 8.81. The third-order valence-electron chi connectivity index (χ3n) is 3.41. The van der Waals surface area contributed by atoms with E-state index in [4.69, 9.17) is 5.73 Å². The Balaban J connectivity index is 2.09. The van der Waals surface area contributed by atoms with Crippen LogP contribution in [0, 0.1) is 11.3 Å². The van der Waals surface area contributed by atoms with Crippen LogP contribution in [-0.2, 0) is 7.05 Å². The largest absolute Gasteiger partial charge is 0.368 e. The molecule has 0 amide bonds. The quantitative estimate of drug-likeness (QED) is 0.562. The molecule has 0 radical (unpaired) electrons. The van der Waals surface area contributed by atoms with Gasteiger partial charge in [0, 0.05) is 18.6 Å². The maximum atomic E-state index is 9.20. The lowest BCUT2D eigenvalue weighted by Crippen LogP contribution is -2.03. The average Bonchev–Trinajstić information content (AvgIpc) is 3.13. The summed E-state index contributed by atoms with van der Waals surface area (Å²) in [6, 6.07) is 7.45. The number of nitrogens with two attached hydrogens (primary N) is 1. The number of para-hydroxylation sites is 1. The minimum absolute atomic E-state index is 0.188. The van der Waals surface area contributed by atoms with Gasteiger partial charge in [-0.3, -0.25) is 4.68 Å². The van der Waals surface area contributed by atoms with Crippen molar-refractivity contribution in [2.45, 2.75) is 0 Å². The van der Waals surface area contributed by atoms with E-state index in [-0.39, 0.29) is 5.95 Å². The fourth-order valence-electron chi connectivity index (χ4n) is 2.40. The van der Waals surface area contributed by atoms with Gasteiger partial charge in [-0.1, -0.05) is 6.07 Å². The van der Waals surface area contributed by atoms with Gasteiger partial charge < -0.3 is 5.73 Å². The van der Waals surface area contributed by atoms with E-state index in [2.05, 4.69) is 26.2 Å². The topological polar surface area (TPSA) is 111 Å². The molecule has 106 valence electrons. The van der Waals surface area contributed by atoms with Crippen molar-refractivity contribution in [3.63, 3.8) is 0 Å². The summed E-state index contributed by atoms with van der Waals surface area (Å²) in [6.07, 6.45) is 3.50. The zero-order chi connectivity index (χ0) is 15.3. The van der Waals surface area contributed by atoms with Gasteiger partial charge in [-0.25, -0.2) is 9.97 Å². The molecule has 1 aromatic carbocycles. The highest BCUT2D eigenvalue weighted by atomic mass is 15.4. The molecule has 0 aliphatic rings. The number of hydrogen-bond donors (Lipinski definition) is 1. The maximum absolute atomic E-state index is 9.20. The molecule has 0 atom stereocenters. The summed E-state index contributed by atoms with van der Waals surface area (Å²) >= 11 is 0. The lowest BCUT2D eigenvalue weighted by atomic mass is 10.1. The van der Waals surface area contributed by atoms with E-state index in [0.29, 0.717) is 22.6 Å². The average molecular weight is 290 g/mol. The minimum atomic E-state index is 0.188. The highest BCUT2D eigenvalue weighted by Crippen LogP contribution is 2.24. The molecule has 0 spiro atoms. The number of fused-ring (bicyclic) bond motifs is 3. The van der Waals surface area contributed by atoms with E-state index < -0.39 is 0 Å². The highest BCUT2D eigenvalue weighted by Gasteiger charge is 2.15. The van der Waals surface area contributed by atoms with Crippen molar-refractivity contribution in [1.29, 1.82) is 5.26 Å². The lowest BCUT2D eigenvalue weighted by Gasteiger charge is -2.02. The van der Waals surface area contributed by atoms with Crippen molar-refractivity contribution in [3.05, 3.63) is 36.2 Å². The first-order valence-electron chi connectivity index (χ1n) is 6.51. The molecule has 22 heavy (non-hydrogen) atoms. The molecular formula is C14H10N8. The Bertz CT molecular complexity index is 1070. The van der Waals surface area contributed by atoms with E-state index >= 15 is 0 Å². The van der Waals surface area contributed by atoms with Crippen LogP contribution in [-0.4, -0.2) is 29.4 Å². The lowest BCUT2D eigenvalue weighted by molar-refractivity contribution is 0.768. The van der Waals surface area contributed by atoms with E-state index in [1.807, 2.05) is 19.3 Å². The standard InChI is InChI=1S/C14H10N8/c1-21-7-9(6-17-21)12-19-13-10-4-2-3-8(5-15)11(10)18-14(16)22(13)20-12/h2-4,6-7H,1H3,(H2,16,18). The number of aryl methyl sites for hydroxylation is 1. The van der Waals surface area contributed by atoms with Crippen molar-refractivity contribution < 1.29 is 0 Å². The molecule has 0 aliphatic carbocycles. The van der Waals surface area contributed by atoms with Gasteiger partial charge in [0.1, 0.15) is 6.07 Å². The first kappa shape index (κ1) is 12.3. The van der Waals surface area contributed by atoms with Crippen LogP contribution < -0.4 is 5.73 Å². The second-order valence-corrected chi connectivity index (χ2v) is 4.86. The molecule has 0 saturated heterocycles. The van der Waals surface area contributed by atoms with Crippen LogP contribution in [0.5, 0.6) is 0 Å². The summed E-state index contributed by atoms with van der Waals surface area (Å²) in [6.45, 7) is 0. The summed E-state index contributed by atoms with van der Waals surface area (Å²) in [5.74, 6) is 0.698. The number of nitrogens with zero attached hydrogens (tertiary/aromatic N) is 7. The molecule has 0 fully saturated rings. The fraction of sp³-hybridized carbons (Fsp3) is 0.0714. The molecule has 0 unspecified atom stereocenters. The molecule has 0 bridgehead atoms. The molecule has 8 heteroatoms. The van der Waals surface area contributed by atoms with Gasteiger partial charge in [0.25, 0.3) is 0 Å². The number of rotatable bonds is 1. The zero-order valence-corrected chi connectivity index (χ0v) is 11.6. The Labute approximate surface area is 124 Å². The first-order valence-corrected chi connectivity index (χ1v) is 6.51. The van der Waals surface area contributed by atoms with Gasteiger partial charge in [0.15, 0.2) is 11.5 Å². The molecule has 8 nitrogen and oxygen atoms in total. The number of anilines is 1. The number of aromatic nitrogens is 6. The van der Waals surface area contributed by atoms with Gasteiger partial charge in [-0.05, 0) is 12.1 Å². The van der Waals surface area contributed by atoms with Crippen molar-refractivity contribution in [1.82, 2.24) is 29.4 Å². The molecule has 3 heterocycles. The Morgan fingerprint density at radius 2 is 2.14 bits per heavy atom. The zero-order valence-electron chi connectivity index (χ0n) is 11.6. The third-order valence-corrected chi connectivity index (χ3v) is 3.41. The van der Waals surface area contributed by atoms with Crippen LogP contribution in [0.3, 0.4) is 0 Å². The molecular weight excluding hydrogens is 280 g/mol. The molecule has 0 aliphatic heterocycles. The molecule has 0 saturated carbocycles. The molecule has 4 rings (SSSR count). The second-order valence-electron chi connectivity index (χ2n) is 4.86. The molecule has 4 aromatic rings. The van der Waals surface area contributed by atoms with Crippen LogP contribution >= 0.6 is 0 Å². The Hall–Kier alpha value is -3.47. The smallest absolute Gasteiger partial charge is 0.223 e. The van der Waals surface area contributed by atoms with Gasteiger partial charge in [-0.2, -0.15) is 14.9 Å². The minimum Gasteiger partial charge on any atom is -0.368 e. The predicted molar refractivity (Wildman–Crippen MR) is 79.6 cm³/mol. The van der Waals surface area contributed by atoms with Crippen LogP contribution in [0.15, 0.2) is 30.6 Å². The van der Waals surface area contributed by atoms with Crippen LogP contribution in [0.2, 0.25) is 0 Å². The Morgan fingerprint density at radius 1 is 1.27 bits per heavy atom. The monoisotopic (exact) mass is 290 g/mol. The number of nitrogen functional groups attached to an aromatic ring is 1. The summed E-state index contributed by atoms with van der Waals surface area (Å²) in [5.41, 5.74) is 8.30. The summed E-state index contributed by atoms with van der Waals surface area (Å²) in [5, 5.41) is 18.4. The fourth-order valence-corrected chi connectivity index (χ4v) is 2.40. The van der Waals surface area contributed by atoms with E-state index in [9.17, 15) is 5.26 Å². The molecule has 3 aromatic heterocycles. The van der Waals surface area contributed by atoms with E-state index in [0.717, 1.165) is 10.9 Å². The van der Waals surface area contributed by atoms with Crippen molar-refractivity contribution >= 4 is 22.5 Å². The van der Waals surface area contributed by atoms with Crippen molar-refractivity contribution in [3.8, 4) is 17.5 Å². The van der Waals surface area contributed by atoms with Gasteiger partial charge in [-0.15, -0.1) is 5.10 Å². The maximum Gasteiger partial charge on any atom is 0.223 e. The number of nitriles is 1. The Kier molecular flexibility index (Phi) is 2.38. The van der Waals surface area contributed by atoms with Crippen molar-refractivity contribution in [2.24, 2.45) is 7.05 Å². The predicted octanol–water partition coefficient (Wildman–Crippen LogP) is 1.13. The van der Waals surface area contributed by atoms with Gasteiger partial charge in [0.05, 0.1) is 22.8 Å². The Morgan fingerprint density at radius 3 is 2.86 bits per heavy atom. The highest BCUT2D eigenvalue weighted by molar-refractivity contribution is 5.95. The number of hydrogen-bond acceptors (Lipinski definition) is 6. The normalized spacial score (nSPS) is 11.1. The summed E-state index contributed by atoms with van der Waals surface area (Å²) in [7, 11) is 1.82. The van der Waals surface area contributed by atoms with Gasteiger partial charge in [0.2, 0.25) is 5.95 Å². The second kappa shape index (κ2) is 4.26. The first-order chi connectivity index (χ1) is 10.7. The summed E-state index contributed by atoms with van der Waals surface area (Å²) < 4.78 is 3.15. The van der Waals surface area contributed by atoms with E-state index in [1.54, 1.807) is 23.0 Å². The van der Waals surface area contributed by atoms with Crippen LogP contribution in [0.25, 0.3) is 27.9 Å². The van der Waals surface area contributed by atoms with E-state index in [1.165, 1.54) is 4.52 Å². The number of benzene rings is 1. The molecule has 2 N–H and O–H groups in total. The van der Waals surface area contributed by atoms with Crippen LogP contribution in [0.4, 0.5) is 5.95 Å². The van der Waals surface area contributed by atoms with Gasteiger partial charge >= 0.3 is 0 Å². The SMILES string of the molecule is Cn1cc(-c2nc3c4cccc(C#N)c4nc(N)n3n2)cn1.